The number of rotatable bonds is 13. The lowest BCUT2D eigenvalue weighted by Gasteiger charge is -2.19. The van der Waals surface area contributed by atoms with E-state index in [0.717, 1.165) is 31.0 Å². The number of carbonyl (C=O) groups is 1. The molecule has 0 N–H and O–H groups in total. The quantitative estimate of drug-likeness (QED) is 0.0627. The molecule has 1 unspecified atom stereocenters. The largest absolute Gasteiger partial charge is 0.573 e. The van der Waals surface area contributed by atoms with E-state index in [-0.39, 0.29) is 22.5 Å². The third-order valence-corrected chi connectivity index (χ3v) is 7.50. The van der Waals surface area contributed by atoms with E-state index in [0.29, 0.717) is 22.3 Å². The van der Waals surface area contributed by atoms with Crippen molar-refractivity contribution in [2.75, 3.05) is 12.4 Å². The van der Waals surface area contributed by atoms with Crippen LogP contribution in [0.15, 0.2) is 56.6 Å². The Morgan fingerprint density at radius 1 is 0.976 bits per heavy atom. The average molecular weight is 619 g/mol. The lowest BCUT2D eigenvalue weighted by atomic mass is 10.00. The number of ether oxygens (including phenoxy) is 2. The molecule has 0 fully saturated rings. The molecular formula is C30H32F6O5S. The summed E-state index contributed by atoms with van der Waals surface area (Å²) < 4.78 is 93.6. The summed E-state index contributed by atoms with van der Waals surface area (Å²) in [5.74, 6) is -2.60. The molecule has 0 saturated carbocycles. The highest BCUT2D eigenvalue weighted by Gasteiger charge is 2.34. The zero-order chi connectivity index (χ0) is 31.1. The van der Waals surface area contributed by atoms with Crippen LogP contribution in [-0.4, -0.2) is 30.9 Å². The monoisotopic (exact) mass is 618 g/mol. The van der Waals surface area contributed by atoms with Gasteiger partial charge in [-0.25, -0.2) is 4.79 Å². The van der Waals surface area contributed by atoms with E-state index >= 15 is 0 Å². The summed E-state index contributed by atoms with van der Waals surface area (Å²) in [6.45, 7) is 4.78. The maximum atomic E-state index is 13.2. The number of thioether (sulfide) groups is 1. The van der Waals surface area contributed by atoms with Crippen molar-refractivity contribution in [1.82, 2.24) is 0 Å². The lowest BCUT2D eigenvalue weighted by molar-refractivity contribution is -0.274. The van der Waals surface area contributed by atoms with Gasteiger partial charge in [0.2, 0.25) is 0 Å². The molecule has 0 radical (unpaired) electrons. The van der Waals surface area contributed by atoms with Crippen molar-refractivity contribution in [2.24, 2.45) is 11.8 Å². The van der Waals surface area contributed by atoms with Gasteiger partial charge in [-0.3, -0.25) is 4.79 Å². The maximum absolute atomic E-state index is 13.2. The predicted octanol–water partition coefficient (Wildman–Crippen LogP) is 8.95. The minimum Gasteiger partial charge on any atom is -0.465 e. The van der Waals surface area contributed by atoms with E-state index in [1.807, 2.05) is 6.92 Å². The summed E-state index contributed by atoms with van der Waals surface area (Å²) in [5.41, 5.74) is -0.347. The van der Waals surface area contributed by atoms with Gasteiger partial charge >= 0.3 is 24.1 Å². The molecule has 3 rings (SSSR count). The van der Waals surface area contributed by atoms with Gasteiger partial charge in [-0.05, 0) is 42.7 Å². The Bertz CT molecular complexity index is 1410. The zero-order valence-electron chi connectivity index (χ0n) is 23.4. The molecule has 0 aliphatic carbocycles. The molecule has 0 spiro atoms. The number of halogens is 6. The number of fused-ring (bicyclic) bond motifs is 1. The molecule has 0 aliphatic heterocycles. The van der Waals surface area contributed by atoms with E-state index < -0.39 is 54.7 Å². The van der Waals surface area contributed by atoms with Crippen molar-refractivity contribution in [3.05, 3.63) is 58.4 Å². The van der Waals surface area contributed by atoms with E-state index in [4.69, 9.17) is 9.15 Å². The standard InChI is InChI=1S/C30H32F6O5S/c1-4-5-6-7-19-8-11-23(26(12-19)41-30(34,35)36)24-13-21-9-10-22(14-25(21)40-28(24)38)42-17-20(15-29(31,32)33)16-39-27(37)18(2)3/h8-14,18,20H,4-7,15-17H2,1-3H3. The predicted molar refractivity (Wildman–Crippen MR) is 149 cm³/mol. The second kappa shape index (κ2) is 14.3. The van der Waals surface area contributed by atoms with Crippen LogP contribution >= 0.6 is 11.8 Å². The fourth-order valence-corrected chi connectivity index (χ4v) is 5.17. The Labute approximate surface area is 243 Å². The maximum Gasteiger partial charge on any atom is 0.573 e. The first-order valence-electron chi connectivity index (χ1n) is 13.5. The topological polar surface area (TPSA) is 65.7 Å². The molecule has 5 nitrogen and oxygen atoms in total. The Morgan fingerprint density at radius 3 is 2.36 bits per heavy atom. The van der Waals surface area contributed by atoms with Crippen LogP contribution in [0.25, 0.3) is 22.1 Å². The molecule has 1 aromatic heterocycles. The Balaban J connectivity index is 1.86. The molecular weight excluding hydrogens is 586 g/mol. The van der Waals surface area contributed by atoms with E-state index in [2.05, 4.69) is 4.74 Å². The number of esters is 1. The SMILES string of the molecule is CCCCCc1ccc(-c2cc3ccc(SCC(COC(=O)C(C)C)CC(F)(F)F)cc3oc2=O)c(OC(F)(F)F)c1. The van der Waals surface area contributed by atoms with Crippen LogP contribution < -0.4 is 10.4 Å². The first kappa shape index (κ1) is 33.4. The summed E-state index contributed by atoms with van der Waals surface area (Å²) in [5, 5.41) is 0.400. The van der Waals surface area contributed by atoms with Crippen molar-refractivity contribution in [3.63, 3.8) is 0 Å². The van der Waals surface area contributed by atoms with Crippen LogP contribution in [-0.2, 0) is 16.0 Å². The van der Waals surface area contributed by atoms with Crippen molar-refractivity contribution in [1.29, 1.82) is 0 Å². The van der Waals surface area contributed by atoms with Gasteiger partial charge in [-0.15, -0.1) is 24.9 Å². The Kier molecular flexibility index (Phi) is 11.4. The lowest BCUT2D eigenvalue weighted by Crippen LogP contribution is -2.24. The number of alkyl halides is 6. The van der Waals surface area contributed by atoms with Gasteiger partial charge < -0.3 is 13.9 Å². The summed E-state index contributed by atoms with van der Waals surface area (Å²) in [6.07, 6.45) is -7.36. The van der Waals surface area contributed by atoms with Crippen molar-refractivity contribution < 1.29 is 45.0 Å². The highest BCUT2D eigenvalue weighted by molar-refractivity contribution is 7.99. The number of hydrogen-bond donors (Lipinski definition) is 0. The van der Waals surface area contributed by atoms with Gasteiger partial charge in [0.15, 0.2) is 0 Å². The smallest absolute Gasteiger partial charge is 0.465 e. The van der Waals surface area contributed by atoms with Crippen LogP contribution in [0.4, 0.5) is 26.3 Å². The average Bonchev–Trinajstić information content (AvgIpc) is 2.88. The molecule has 3 aromatic rings. The van der Waals surface area contributed by atoms with Crippen molar-refractivity contribution in [3.8, 4) is 16.9 Å². The van der Waals surface area contributed by atoms with Gasteiger partial charge in [-0.2, -0.15) is 13.2 Å². The molecule has 0 saturated heterocycles. The number of unbranched alkanes of at least 4 members (excludes halogenated alkanes) is 2. The van der Waals surface area contributed by atoms with E-state index in [9.17, 15) is 35.9 Å². The van der Waals surface area contributed by atoms with Gasteiger partial charge in [0.05, 0.1) is 24.5 Å². The van der Waals surface area contributed by atoms with Crippen LogP contribution in [0, 0.1) is 11.8 Å². The fourth-order valence-electron chi connectivity index (χ4n) is 4.18. The molecule has 230 valence electrons. The molecule has 1 atom stereocenters. The first-order valence-corrected chi connectivity index (χ1v) is 14.5. The first-order chi connectivity index (χ1) is 19.6. The zero-order valence-corrected chi connectivity index (χ0v) is 24.2. The molecule has 2 aromatic carbocycles. The van der Waals surface area contributed by atoms with Crippen molar-refractivity contribution in [2.45, 2.75) is 70.3 Å². The Hall–Kier alpha value is -3.15. The molecule has 0 amide bonds. The molecule has 1 heterocycles. The van der Waals surface area contributed by atoms with Crippen LogP contribution in [0.2, 0.25) is 0 Å². The highest BCUT2D eigenvalue weighted by atomic mass is 32.2. The summed E-state index contributed by atoms with van der Waals surface area (Å²) in [6, 6.07) is 10.3. The number of benzene rings is 2. The number of hydrogen-bond acceptors (Lipinski definition) is 6. The summed E-state index contributed by atoms with van der Waals surface area (Å²) in [7, 11) is 0. The fraction of sp³-hybridized carbons (Fsp3) is 0.467. The van der Waals surface area contributed by atoms with Gasteiger partial charge in [0, 0.05) is 27.5 Å². The minimum absolute atomic E-state index is 0.0263. The van der Waals surface area contributed by atoms with Gasteiger partial charge in [-0.1, -0.05) is 51.8 Å². The Morgan fingerprint density at radius 2 is 1.71 bits per heavy atom. The van der Waals surface area contributed by atoms with Crippen LogP contribution in [0.5, 0.6) is 5.75 Å². The van der Waals surface area contributed by atoms with Crippen molar-refractivity contribution >= 4 is 28.7 Å². The number of aryl methyl sites for hydroxylation is 1. The highest BCUT2D eigenvalue weighted by Crippen LogP contribution is 2.36. The van der Waals surface area contributed by atoms with Gasteiger partial charge in [0.1, 0.15) is 11.3 Å². The van der Waals surface area contributed by atoms with E-state index in [1.54, 1.807) is 32.0 Å². The molecule has 42 heavy (non-hydrogen) atoms. The number of carbonyl (C=O) groups excluding carboxylic acids is 1. The molecule has 12 heteroatoms. The van der Waals surface area contributed by atoms with Crippen LogP contribution in [0.1, 0.15) is 52.0 Å². The summed E-state index contributed by atoms with van der Waals surface area (Å²) in [4.78, 5) is 25.1. The molecule has 0 aliphatic rings. The second-order valence-electron chi connectivity index (χ2n) is 10.3. The summed E-state index contributed by atoms with van der Waals surface area (Å²) >= 11 is 1.07. The molecule has 0 bridgehead atoms. The van der Waals surface area contributed by atoms with Crippen LogP contribution in [0.3, 0.4) is 0 Å². The minimum atomic E-state index is -4.98. The van der Waals surface area contributed by atoms with Gasteiger partial charge in [0.25, 0.3) is 0 Å². The second-order valence-corrected chi connectivity index (χ2v) is 11.4. The third-order valence-electron chi connectivity index (χ3n) is 6.28. The van der Waals surface area contributed by atoms with E-state index in [1.165, 1.54) is 24.3 Å². The normalized spacial score (nSPS) is 13.0. The third kappa shape index (κ3) is 10.3.